The molecule has 1 fully saturated rings. The smallest absolute Gasteiger partial charge is 0.254 e. The fourth-order valence-electron chi connectivity index (χ4n) is 2.56. The first-order valence-corrected chi connectivity index (χ1v) is 7.33. The number of nitrogens with zero attached hydrogens (tertiary/aromatic N) is 1. The molecule has 104 valence electrons. The molecule has 4 heteroatoms. The van der Waals surface area contributed by atoms with E-state index < -0.39 is 0 Å². The van der Waals surface area contributed by atoms with Crippen molar-refractivity contribution in [2.24, 2.45) is 0 Å². The van der Waals surface area contributed by atoms with Crippen LogP contribution >= 0.6 is 11.6 Å². The van der Waals surface area contributed by atoms with Gasteiger partial charge in [0.05, 0.1) is 0 Å². The lowest BCUT2D eigenvalue weighted by atomic mass is 10.1. The van der Waals surface area contributed by atoms with Gasteiger partial charge in [-0.05, 0) is 43.5 Å². The molecule has 1 aliphatic rings. The number of aromatic hydroxyl groups is 1. The second-order valence-corrected chi connectivity index (χ2v) is 5.47. The minimum Gasteiger partial charge on any atom is -0.508 e. The molecule has 1 amide bonds. The number of aryl methyl sites for hydroxylation is 1. The Bertz CT molecular complexity index is 461. The predicted molar refractivity (Wildman–Crippen MR) is 76.9 cm³/mol. The monoisotopic (exact) mass is 281 g/mol. The highest BCUT2D eigenvalue weighted by Crippen LogP contribution is 2.23. The summed E-state index contributed by atoms with van der Waals surface area (Å²) in [5.74, 6) is 0.736. The Morgan fingerprint density at radius 2 is 2.21 bits per heavy atom. The summed E-state index contributed by atoms with van der Waals surface area (Å²) in [5, 5.41) is 9.53. The van der Waals surface area contributed by atoms with Crippen LogP contribution < -0.4 is 0 Å². The van der Waals surface area contributed by atoms with E-state index in [1.807, 2.05) is 4.90 Å². The first kappa shape index (κ1) is 14.2. The molecule has 0 radical (unpaired) electrons. The Morgan fingerprint density at radius 1 is 1.42 bits per heavy atom. The SMILES string of the molecule is Cc1cc(C(=O)N2CCCCCC2CCl)ccc1O. The van der Waals surface area contributed by atoms with E-state index in [0.717, 1.165) is 37.8 Å². The number of hydrogen-bond donors (Lipinski definition) is 1. The molecule has 1 aromatic rings. The van der Waals surface area contributed by atoms with Crippen molar-refractivity contribution in [3.8, 4) is 5.75 Å². The zero-order valence-corrected chi connectivity index (χ0v) is 12.0. The molecule has 19 heavy (non-hydrogen) atoms. The number of phenols is 1. The van der Waals surface area contributed by atoms with Gasteiger partial charge in [-0.1, -0.05) is 12.8 Å². The lowest BCUT2D eigenvalue weighted by Gasteiger charge is -2.28. The molecule has 1 N–H and O–H groups in total. The quantitative estimate of drug-likeness (QED) is 0.845. The number of phenolic OH excluding ortho intramolecular Hbond substituents is 1. The van der Waals surface area contributed by atoms with Gasteiger partial charge in [-0.25, -0.2) is 0 Å². The number of rotatable bonds is 2. The maximum Gasteiger partial charge on any atom is 0.254 e. The van der Waals surface area contributed by atoms with Crippen LogP contribution in [0.4, 0.5) is 0 Å². The van der Waals surface area contributed by atoms with Crippen LogP contribution in [0.15, 0.2) is 18.2 Å². The van der Waals surface area contributed by atoms with Crippen molar-refractivity contribution in [3.63, 3.8) is 0 Å². The van der Waals surface area contributed by atoms with Crippen LogP contribution in [-0.4, -0.2) is 34.4 Å². The van der Waals surface area contributed by atoms with Crippen LogP contribution in [0.3, 0.4) is 0 Å². The van der Waals surface area contributed by atoms with Gasteiger partial charge in [-0.3, -0.25) is 4.79 Å². The van der Waals surface area contributed by atoms with E-state index in [1.54, 1.807) is 25.1 Å². The molecule has 1 aliphatic heterocycles. The van der Waals surface area contributed by atoms with Crippen molar-refractivity contribution in [1.82, 2.24) is 4.90 Å². The minimum absolute atomic E-state index is 0.0238. The summed E-state index contributed by atoms with van der Waals surface area (Å²) < 4.78 is 0. The summed E-state index contributed by atoms with van der Waals surface area (Å²) in [4.78, 5) is 14.5. The number of amides is 1. The van der Waals surface area contributed by atoms with Gasteiger partial charge in [0.25, 0.3) is 5.91 Å². The molecule has 1 atom stereocenters. The Labute approximate surface area is 119 Å². The molecule has 0 bridgehead atoms. The van der Waals surface area contributed by atoms with Gasteiger partial charge in [0.2, 0.25) is 0 Å². The summed E-state index contributed by atoms with van der Waals surface area (Å²) in [7, 11) is 0. The molecule has 2 rings (SSSR count). The highest BCUT2D eigenvalue weighted by Gasteiger charge is 2.25. The first-order chi connectivity index (χ1) is 9.13. The zero-order valence-electron chi connectivity index (χ0n) is 11.2. The summed E-state index contributed by atoms with van der Waals surface area (Å²) in [6, 6.07) is 5.14. The maximum absolute atomic E-state index is 12.6. The molecule has 1 heterocycles. The van der Waals surface area contributed by atoms with Gasteiger partial charge >= 0.3 is 0 Å². The second kappa shape index (κ2) is 6.29. The Morgan fingerprint density at radius 3 is 2.89 bits per heavy atom. The number of hydrogen-bond acceptors (Lipinski definition) is 2. The van der Waals surface area contributed by atoms with Crippen LogP contribution in [0.1, 0.15) is 41.6 Å². The topological polar surface area (TPSA) is 40.5 Å². The van der Waals surface area contributed by atoms with Crippen molar-refractivity contribution in [2.75, 3.05) is 12.4 Å². The van der Waals surface area contributed by atoms with Gasteiger partial charge in [-0.15, -0.1) is 11.6 Å². The lowest BCUT2D eigenvalue weighted by molar-refractivity contribution is 0.0700. The minimum atomic E-state index is 0.0238. The number of halogens is 1. The van der Waals surface area contributed by atoms with E-state index >= 15 is 0 Å². The van der Waals surface area contributed by atoms with Crippen LogP contribution in [0.25, 0.3) is 0 Å². The number of carbonyl (C=O) groups excluding carboxylic acids is 1. The Balaban J connectivity index is 2.22. The summed E-state index contributed by atoms with van der Waals surface area (Å²) in [6.45, 7) is 2.57. The molecular weight excluding hydrogens is 262 g/mol. The van der Waals surface area contributed by atoms with Gasteiger partial charge in [0, 0.05) is 24.0 Å². The van der Waals surface area contributed by atoms with E-state index in [0.29, 0.717) is 11.4 Å². The van der Waals surface area contributed by atoms with Crippen LogP contribution in [-0.2, 0) is 0 Å². The van der Waals surface area contributed by atoms with Gasteiger partial charge in [0.15, 0.2) is 0 Å². The van der Waals surface area contributed by atoms with Crippen molar-refractivity contribution < 1.29 is 9.90 Å². The molecule has 1 aromatic carbocycles. The third-order valence-corrected chi connectivity index (χ3v) is 4.12. The lowest BCUT2D eigenvalue weighted by Crippen LogP contribution is -2.41. The third kappa shape index (κ3) is 3.21. The van der Waals surface area contributed by atoms with Gasteiger partial charge in [-0.2, -0.15) is 0 Å². The average Bonchev–Trinajstić information content (AvgIpc) is 2.66. The molecule has 0 spiro atoms. The molecule has 0 aliphatic carbocycles. The van der Waals surface area contributed by atoms with E-state index in [1.165, 1.54) is 0 Å². The number of alkyl halides is 1. The number of likely N-dealkylation sites (tertiary alicyclic amines) is 1. The largest absolute Gasteiger partial charge is 0.508 e. The molecule has 0 aromatic heterocycles. The summed E-state index contributed by atoms with van der Waals surface area (Å²) in [6.07, 6.45) is 4.31. The predicted octanol–water partition coefficient (Wildman–Crippen LogP) is 3.32. The standard InChI is InChI=1S/C15H20ClNO2/c1-11-9-12(6-7-14(11)18)15(19)17-8-4-2-3-5-13(17)10-16/h6-7,9,13,18H,2-5,8,10H2,1H3. The van der Waals surface area contributed by atoms with Crippen molar-refractivity contribution in [2.45, 2.75) is 38.6 Å². The van der Waals surface area contributed by atoms with Gasteiger partial charge in [0.1, 0.15) is 5.75 Å². The van der Waals surface area contributed by atoms with E-state index in [9.17, 15) is 9.90 Å². The average molecular weight is 282 g/mol. The van der Waals surface area contributed by atoms with Crippen molar-refractivity contribution in [3.05, 3.63) is 29.3 Å². The fraction of sp³-hybridized carbons (Fsp3) is 0.533. The van der Waals surface area contributed by atoms with E-state index in [2.05, 4.69) is 0 Å². The van der Waals surface area contributed by atoms with Crippen LogP contribution in [0.2, 0.25) is 0 Å². The summed E-state index contributed by atoms with van der Waals surface area (Å²) >= 11 is 6.00. The Kier molecular flexibility index (Phi) is 4.70. The fourth-order valence-corrected chi connectivity index (χ4v) is 2.88. The van der Waals surface area contributed by atoms with Crippen molar-refractivity contribution in [1.29, 1.82) is 0 Å². The first-order valence-electron chi connectivity index (χ1n) is 6.80. The van der Waals surface area contributed by atoms with Crippen molar-refractivity contribution >= 4 is 17.5 Å². The third-order valence-electron chi connectivity index (χ3n) is 3.76. The van der Waals surface area contributed by atoms with Gasteiger partial charge < -0.3 is 10.0 Å². The normalized spacial score (nSPS) is 20.1. The van der Waals surface area contributed by atoms with E-state index in [-0.39, 0.29) is 17.7 Å². The highest BCUT2D eigenvalue weighted by molar-refractivity contribution is 6.18. The maximum atomic E-state index is 12.6. The molecule has 1 saturated heterocycles. The molecule has 1 unspecified atom stereocenters. The highest BCUT2D eigenvalue weighted by atomic mass is 35.5. The number of benzene rings is 1. The summed E-state index contributed by atoms with van der Waals surface area (Å²) in [5.41, 5.74) is 1.36. The zero-order chi connectivity index (χ0) is 13.8. The molecule has 0 saturated carbocycles. The van der Waals surface area contributed by atoms with Crippen LogP contribution in [0.5, 0.6) is 5.75 Å². The number of carbonyl (C=O) groups is 1. The van der Waals surface area contributed by atoms with E-state index in [4.69, 9.17) is 11.6 Å². The molecular formula is C15H20ClNO2. The second-order valence-electron chi connectivity index (χ2n) is 5.16. The molecule has 3 nitrogen and oxygen atoms in total. The Hall–Kier alpha value is -1.22. The van der Waals surface area contributed by atoms with Crippen LogP contribution in [0, 0.1) is 6.92 Å².